The molecule has 0 bridgehead atoms. The minimum Gasteiger partial charge on any atom is -0.316 e. The number of nitrogens with one attached hydrogen (secondary N) is 2. The second-order valence-electron chi connectivity index (χ2n) is 5.36. The van der Waals surface area contributed by atoms with E-state index in [4.69, 9.17) is 0 Å². The Balaban J connectivity index is 2.06. The average Bonchev–Trinajstić information content (AvgIpc) is 2.43. The van der Waals surface area contributed by atoms with Gasteiger partial charge in [-0.15, -0.1) is 0 Å². The van der Waals surface area contributed by atoms with Crippen LogP contribution >= 0.6 is 0 Å². The van der Waals surface area contributed by atoms with Gasteiger partial charge in [-0.05, 0) is 56.4 Å². The van der Waals surface area contributed by atoms with Gasteiger partial charge in [-0.25, -0.2) is 0 Å². The zero-order valence-electron chi connectivity index (χ0n) is 11.7. The molecule has 2 N–H and O–H groups in total. The Hall–Kier alpha value is -0.860. The molecule has 2 unspecified atom stereocenters. The molecule has 0 saturated carbocycles. The molecule has 1 aromatic carbocycles. The molecule has 1 heterocycles. The number of piperidine rings is 1. The minimum atomic E-state index is 0.494. The van der Waals surface area contributed by atoms with E-state index in [-0.39, 0.29) is 0 Å². The molecule has 0 amide bonds. The van der Waals surface area contributed by atoms with Crippen LogP contribution in [0.25, 0.3) is 0 Å². The van der Waals surface area contributed by atoms with Crippen LogP contribution in [0.15, 0.2) is 24.3 Å². The van der Waals surface area contributed by atoms with E-state index in [0.717, 1.165) is 12.5 Å². The van der Waals surface area contributed by atoms with Crippen LogP contribution in [0.3, 0.4) is 0 Å². The Morgan fingerprint density at radius 1 is 1.33 bits per heavy atom. The first-order valence-corrected chi connectivity index (χ1v) is 7.32. The van der Waals surface area contributed by atoms with Crippen LogP contribution in [0.1, 0.15) is 43.4 Å². The van der Waals surface area contributed by atoms with Crippen molar-refractivity contribution in [2.24, 2.45) is 5.92 Å². The summed E-state index contributed by atoms with van der Waals surface area (Å²) in [7, 11) is 2.08. The lowest BCUT2D eigenvalue weighted by atomic mass is 9.87. The molecule has 1 aromatic rings. The molecule has 2 heteroatoms. The van der Waals surface area contributed by atoms with E-state index >= 15 is 0 Å². The van der Waals surface area contributed by atoms with Crippen molar-refractivity contribution in [1.29, 1.82) is 0 Å². The summed E-state index contributed by atoms with van der Waals surface area (Å²) < 4.78 is 0. The first kappa shape index (κ1) is 13.6. The molecule has 0 spiro atoms. The highest BCUT2D eigenvalue weighted by Crippen LogP contribution is 2.27. The Labute approximate surface area is 111 Å². The largest absolute Gasteiger partial charge is 0.316 e. The number of aryl methyl sites for hydroxylation is 1. The van der Waals surface area contributed by atoms with Crippen LogP contribution in [0.2, 0.25) is 0 Å². The molecule has 1 fully saturated rings. The summed E-state index contributed by atoms with van der Waals surface area (Å²) in [5.41, 5.74) is 2.89. The van der Waals surface area contributed by atoms with Crippen LogP contribution < -0.4 is 10.6 Å². The number of hydrogen-bond donors (Lipinski definition) is 2. The molecule has 1 aliphatic heterocycles. The first-order chi connectivity index (χ1) is 8.85. The maximum absolute atomic E-state index is 3.51. The van der Waals surface area contributed by atoms with E-state index in [0.29, 0.717) is 6.04 Å². The van der Waals surface area contributed by atoms with Crippen LogP contribution in [0.4, 0.5) is 0 Å². The summed E-state index contributed by atoms with van der Waals surface area (Å²) in [4.78, 5) is 0. The van der Waals surface area contributed by atoms with E-state index in [2.05, 4.69) is 48.9 Å². The zero-order valence-corrected chi connectivity index (χ0v) is 11.7. The average molecular weight is 246 g/mol. The highest BCUT2D eigenvalue weighted by molar-refractivity contribution is 5.25. The molecule has 100 valence electrons. The van der Waals surface area contributed by atoms with Crippen LogP contribution in [0.5, 0.6) is 0 Å². The van der Waals surface area contributed by atoms with Gasteiger partial charge < -0.3 is 10.6 Å². The molecule has 2 atom stereocenters. The zero-order chi connectivity index (χ0) is 12.8. The fourth-order valence-electron chi connectivity index (χ4n) is 3.02. The summed E-state index contributed by atoms with van der Waals surface area (Å²) >= 11 is 0. The third-order valence-corrected chi connectivity index (χ3v) is 3.99. The summed E-state index contributed by atoms with van der Waals surface area (Å²) in [6.07, 6.45) is 5.04. The highest BCUT2D eigenvalue weighted by atomic mass is 14.9. The van der Waals surface area contributed by atoms with E-state index in [1.807, 2.05) is 0 Å². The van der Waals surface area contributed by atoms with Gasteiger partial charge in [-0.2, -0.15) is 0 Å². The predicted octanol–water partition coefficient (Wildman–Crippen LogP) is 2.90. The Morgan fingerprint density at radius 3 is 2.67 bits per heavy atom. The Bertz CT molecular complexity index is 339. The van der Waals surface area contributed by atoms with Crippen molar-refractivity contribution in [1.82, 2.24) is 10.6 Å². The second-order valence-corrected chi connectivity index (χ2v) is 5.36. The van der Waals surface area contributed by atoms with Gasteiger partial charge in [0, 0.05) is 6.04 Å². The van der Waals surface area contributed by atoms with Crippen LogP contribution in [0, 0.1) is 5.92 Å². The summed E-state index contributed by atoms with van der Waals surface area (Å²) in [5.74, 6) is 0.723. The summed E-state index contributed by atoms with van der Waals surface area (Å²) in [5, 5.41) is 7.01. The van der Waals surface area contributed by atoms with Gasteiger partial charge in [0.25, 0.3) is 0 Å². The molecule has 0 aromatic heterocycles. The van der Waals surface area contributed by atoms with E-state index in [1.54, 1.807) is 0 Å². The maximum Gasteiger partial charge on any atom is 0.0358 e. The van der Waals surface area contributed by atoms with Gasteiger partial charge in [-0.3, -0.25) is 0 Å². The van der Waals surface area contributed by atoms with Crippen molar-refractivity contribution < 1.29 is 0 Å². The van der Waals surface area contributed by atoms with Gasteiger partial charge in [0.1, 0.15) is 0 Å². The lowest BCUT2D eigenvalue weighted by molar-refractivity contribution is 0.298. The second kappa shape index (κ2) is 6.91. The van der Waals surface area contributed by atoms with Gasteiger partial charge in [0.15, 0.2) is 0 Å². The fourth-order valence-corrected chi connectivity index (χ4v) is 3.02. The molecule has 0 aliphatic carbocycles. The number of benzene rings is 1. The minimum absolute atomic E-state index is 0.494. The van der Waals surface area contributed by atoms with Crippen molar-refractivity contribution in [3.63, 3.8) is 0 Å². The lowest BCUT2D eigenvalue weighted by Gasteiger charge is -2.31. The van der Waals surface area contributed by atoms with Gasteiger partial charge in [-0.1, -0.05) is 37.6 Å². The summed E-state index contributed by atoms with van der Waals surface area (Å²) in [6.45, 7) is 4.56. The number of rotatable bonds is 5. The van der Waals surface area contributed by atoms with E-state index in [9.17, 15) is 0 Å². The smallest absolute Gasteiger partial charge is 0.0358 e. The van der Waals surface area contributed by atoms with Crippen molar-refractivity contribution in [3.8, 4) is 0 Å². The lowest BCUT2D eigenvalue weighted by Crippen LogP contribution is -2.37. The van der Waals surface area contributed by atoms with E-state index in [1.165, 1.54) is 43.4 Å². The van der Waals surface area contributed by atoms with Crippen molar-refractivity contribution in [2.45, 2.75) is 38.6 Å². The monoisotopic (exact) mass is 246 g/mol. The maximum atomic E-state index is 3.51. The van der Waals surface area contributed by atoms with Crippen molar-refractivity contribution in [3.05, 3.63) is 35.4 Å². The SMILES string of the molecule is CCCc1ccc(C(NC)C2CCCNC2)cc1. The third kappa shape index (κ3) is 3.33. The number of hydrogen-bond acceptors (Lipinski definition) is 2. The Morgan fingerprint density at radius 2 is 2.11 bits per heavy atom. The topological polar surface area (TPSA) is 24.1 Å². The standard InChI is InChI=1S/C16H26N2/c1-3-5-13-7-9-14(10-8-13)16(17-2)15-6-4-11-18-12-15/h7-10,15-18H,3-6,11-12H2,1-2H3. The molecular formula is C16H26N2. The molecular weight excluding hydrogens is 220 g/mol. The van der Waals surface area contributed by atoms with Crippen molar-refractivity contribution in [2.75, 3.05) is 20.1 Å². The first-order valence-electron chi connectivity index (χ1n) is 7.32. The molecule has 1 aliphatic rings. The molecule has 18 heavy (non-hydrogen) atoms. The van der Waals surface area contributed by atoms with Gasteiger partial charge in [0.05, 0.1) is 0 Å². The normalized spacial score (nSPS) is 21.8. The third-order valence-electron chi connectivity index (χ3n) is 3.99. The highest BCUT2D eigenvalue weighted by Gasteiger charge is 2.23. The van der Waals surface area contributed by atoms with E-state index < -0.39 is 0 Å². The quantitative estimate of drug-likeness (QED) is 0.835. The fraction of sp³-hybridized carbons (Fsp3) is 0.625. The Kier molecular flexibility index (Phi) is 5.21. The summed E-state index contributed by atoms with van der Waals surface area (Å²) in [6, 6.07) is 9.69. The molecule has 2 nitrogen and oxygen atoms in total. The van der Waals surface area contributed by atoms with Gasteiger partial charge >= 0.3 is 0 Å². The molecule has 1 saturated heterocycles. The molecule has 0 radical (unpaired) electrons. The predicted molar refractivity (Wildman–Crippen MR) is 77.8 cm³/mol. The van der Waals surface area contributed by atoms with Gasteiger partial charge in [0.2, 0.25) is 0 Å². The molecule has 2 rings (SSSR count). The van der Waals surface area contributed by atoms with Crippen molar-refractivity contribution >= 4 is 0 Å². The van der Waals surface area contributed by atoms with Crippen LogP contribution in [-0.2, 0) is 6.42 Å². The van der Waals surface area contributed by atoms with Crippen LogP contribution in [-0.4, -0.2) is 20.1 Å².